The lowest BCUT2D eigenvalue weighted by atomic mass is 10.2. The summed E-state index contributed by atoms with van der Waals surface area (Å²) in [6, 6.07) is 11.2. The molecule has 1 aliphatic rings. The molecule has 150 valence electrons. The lowest BCUT2D eigenvalue weighted by Gasteiger charge is -2.28. The van der Waals surface area contributed by atoms with Gasteiger partial charge in [-0.15, -0.1) is 0 Å². The number of rotatable bonds is 8. The molecule has 0 saturated carbocycles. The van der Waals surface area contributed by atoms with Gasteiger partial charge in [0.15, 0.2) is 0 Å². The van der Waals surface area contributed by atoms with Crippen LogP contribution in [-0.4, -0.2) is 57.8 Å². The molecule has 2 N–H and O–H groups in total. The Labute approximate surface area is 165 Å². The van der Waals surface area contributed by atoms with E-state index in [-0.39, 0.29) is 6.54 Å². The second kappa shape index (κ2) is 9.63. The summed E-state index contributed by atoms with van der Waals surface area (Å²) in [6.07, 6.45) is 1.56. The number of hydrogen-bond acceptors (Lipinski definition) is 7. The molecular formula is C19H25N5O3S. The molecule has 1 aromatic carbocycles. The molecule has 0 atom stereocenters. The summed E-state index contributed by atoms with van der Waals surface area (Å²) in [5.74, 6) is 1.34. The highest BCUT2D eigenvalue weighted by Gasteiger charge is 2.14. The number of nitrogens with zero attached hydrogens (tertiary/aromatic N) is 3. The molecule has 2 aromatic rings. The van der Waals surface area contributed by atoms with Gasteiger partial charge in [-0.2, -0.15) is 4.98 Å². The van der Waals surface area contributed by atoms with Crippen molar-refractivity contribution in [3.63, 3.8) is 0 Å². The summed E-state index contributed by atoms with van der Waals surface area (Å²) in [7, 11) is -3.50. The maximum absolute atomic E-state index is 12.1. The standard InChI is InChI=1S/C19H25N5O3S/c1-16-15-18(24-10-12-27-13-11-24)23-19(22-16)20-8-9-21-28(25,26)14-7-17-5-3-2-4-6-17/h2-7,14-15,21H,8-13H2,1H3,(H,20,22,23)/b14-7+. The Hall–Kier alpha value is -2.49. The zero-order valence-corrected chi connectivity index (χ0v) is 16.7. The van der Waals surface area contributed by atoms with E-state index < -0.39 is 10.0 Å². The molecule has 1 aliphatic heterocycles. The monoisotopic (exact) mass is 403 g/mol. The van der Waals surface area contributed by atoms with Crippen LogP contribution in [0.5, 0.6) is 0 Å². The third kappa shape index (κ3) is 6.29. The second-order valence-electron chi connectivity index (χ2n) is 6.37. The van der Waals surface area contributed by atoms with Gasteiger partial charge in [0.2, 0.25) is 16.0 Å². The van der Waals surface area contributed by atoms with Crippen LogP contribution in [0, 0.1) is 6.92 Å². The van der Waals surface area contributed by atoms with Crippen molar-refractivity contribution in [1.82, 2.24) is 14.7 Å². The molecule has 9 heteroatoms. The lowest BCUT2D eigenvalue weighted by Crippen LogP contribution is -2.37. The van der Waals surface area contributed by atoms with E-state index in [1.807, 2.05) is 43.3 Å². The van der Waals surface area contributed by atoms with E-state index in [9.17, 15) is 8.42 Å². The van der Waals surface area contributed by atoms with Crippen LogP contribution in [0.25, 0.3) is 6.08 Å². The van der Waals surface area contributed by atoms with E-state index in [1.54, 1.807) is 6.08 Å². The lowest BCUT2D eigenvalue weighted by molar-refractivity contribution is 0.122. The summed E-state index contributed by atoms with van der Waals surface area (Å²) >= 11 is 0. The fraction of sp³-hybridized carbons (Fsp3) is 0.368. The Morgan fingerprint density at radius 2 is 1.89 bits per heavy atom. The minimum absolute atomic E-state index is 0.228. The van der Waals surface area contributed by atoms with Gasteiger partial charge in [0, 0.05) is 43.3 Å². The van der Waals surface area contributed by atoms with Gasteiger partial charge in [0.1, 0.15) is 5.82 Å². The molecule has 0 amide bonds. The van der Waals surface area contributed by atoms with Crippen molar-refractivity contribution in [2.24, 2.45) is 0 Å². The Bertz CT molecular complexity index is 897. The molecule has 1 fully saturated rings. The van der Waals surface area contributed by atoms with Gasteiger partial charge in [0.25, 0.3) is 0 Å². The number of sulfonamides is 1. The van der Waals surface area contributed by atoms with Crippen molar-refractivity contribution < 1.29 is 13.2 Å². The topological polar surface area (TPSA) is 96.5 Å². The van der Waals surface area contributed by atoms with Crippen molar-refractivity contribution in [3.8, 4) is 0 Å². The van der Waals surface area contributed by atoms with Gasteiger partial charge >= 0.3 is 0 Å². The largest absolute Gasteiger partial charge is 0.378 e. The van der Waals surface area contributed by atoms with Crippen LogP contribution in [0.1, 0.15) is 11.3 Å². The molecule has 2 heterocycles. The van der Waals surface area contributed by atoms with E-state index in [1.165, 1.54) is 5.41 Å². The molecule has 0 aliphatic carbocycles. The summed E-state index contributed by atoms with van der Waals surface area (Å²) in [6.45, 7) is 5.48. The molecule has 3 rings (SSSR count). The first-order valence-corrected chi connectivity index (χ1v) is 10.7. The molecule has 1 aromatic heterocycles. The normalized spacial score (nSPS) is 15.1. The van der Waals surface area contributed by atoms with Crippen molar-refractivity contribution in [1.29, 1.82) is 0 Å². The molecule has 0 bridgehead atoms. The fourth-order valence-corrected chi connectivity index (χ4v) is 3.55. The van der Waals surface area contributed by atoms with E-state index in [0.717, 1.165) is 30.2 Å². The highest BCUT2D eigenvalue weighted by molar-refractivity contribution is 7.92. The van der Waals surface area contributed by atoms with Crippen LogP contribution in [0.4, 0.5) is 11.8 Å². The van der Waals surface area contributed by atoms with E-state index in [2.05, 4.69) is 24.9 Å². The number of hydrogen-bond donors (Lipinski definition) is 2. The molecule has 28 heavy (non-hydrogen) atoms. The molecule has 8 nitrogen and oxygen atoms in total. The maximum atomic E-state index is 12.1. The van der Waals surface area contributed by atoms with Gasteiger partial charge in [0.05, 0.1) is 13.2 Å². The minimum Gasteiger partial charge on any atom is -0.378 e. The van der Waals surface area contributed by atoms with E-state index in [0.29, 0.717) is 25.7 Å². The van der Waals surface area contributed by atoms with Gasteiger partial charge in [-0.25, -0.2) is 18.1 Å². The summed E-state index contributed by atoms with van der Waals surface area (Å²) < 4.78 is 32.0. The Balaban J connectivity index is 1.50. The van der Waals surface area contributed by atoms with Crippen LogP contribution in [-0.2, 0) is 14.8 Å². The second-order valence-corrected chi connectivity index (χ2v) is 8.02. The third-order valence-corrected chi connectivity index (χ3v) is 5.23. The number of benzene rings is 1. The quantitative estimate of drug-likeness (QED) is 0.647. The smallest absolute Gasteiger partial charge is 0.233 e. The van der Waals surface area contributed by atoms with Gasteiger partial charge in [-0.1, -0.05) is 30.3 Å². The Morgan fingerprint density at radius 1 is 1.14 bits per heavy atom. The van der Waals surface area contributed by atoms with Crippen LogP contribution in [0.2, 0.25) is 0 Å². The number of morpholine rings is 1. The molecular weight excluding hydrogens is 378 g/mol. The van der Waals surface area contributed by atoms with Gasteiger partial charge in [-0.3, -0.25) is 0 Å². The number of nitrogens with one attached hydrogen (secondary N) is 2. The average Bonchev–Trinajstić information content (AvgIpc) is 2.71. The van der Waals surface area contributed by atoms with Gasteiger partial charge in [-0.05, 0) is 18.6 Å². The van der Waals surface area contributed by atoms with E-state index >= 15 is 0 Å². The van der Waals surface area contributed by atoms with Crippen molar-refractivity contribution in [3.05, 3.63) is 53.1 Å². The zero-order valence-electron chi connectivity index (χ0n) is 15.8. The predicted octanol–water partition coefficient (Wildman–Crippen LogP) is 1.62. The van der Waals surface area contributed by atoms with Crippen molar-refractivity contribution >= 4 is 27.9 Å². The van der Waals surface area contributed by atoms with Crippen LogP contribution < -0.4 is 14.9 Å². The minimum atomic E-state index is -3.50. The molecule has 1 saturated heterocycles. The first-order valence-electron chi connectivity index (χ1n) is 9.17. The first kappa shape index (κ1) is 20.2. The fourth-order valence-electron chi connectivity index (χ4n) is 2.73. The molecule has 0 spiro atoms. The van der Waals surface area contributed by atoms with Crippen LogP contribution in [0.15, 0.2) is 41.8 Å². The number of aromatic nitrogens is 2. The number of aryl methyl sites for hydroxylation is 1. The summed E-state index contributed by atoms with van der Waals surface area (Å²) in [5.41, 5.74) is 1.68. The predicted molar refractivity (Wildman–Crippen MR) is 111 cm³/mol. The van der Waals surface area contributed by atoms with Crippen molar-refractivity contribution in [2.75, 3.05) is 49.6 Å². The third-order valence-electron chi connectivity index (χ3n) is 4.13. The highest BCUT2D eigenvalue weighted by Crippen LogP contribution is 2.16. The van der Waals surface area contributed by atoms with Crippen LogP contribution in [0.3, 0.4) is 0 Å². The first-order chi connectivity index (χ1) is 13.5. The average molecular weight is 404 g/mol. The highest BCUT2D eigenvalue weighted by atomic mass is 32.2. The van der Waals surface area contributed by atoms with Crippen LogP contribution >= 0.6 is 0 Å². The number of anilines is 2. The number of ether oxygens (including phenoxy) is 1. The Morgan fingerprint density at radius 3 is 2.64 bits per heavy atom. The molecule has 0 radical (unpaired) electrons. The van der Waals surface area contributed by atoms with Gasteiger partial charge < -0.3 is 15.0 Å². The summed E-state index contributed by atoms with van der Waals surface area (Å²) in [4.78, 5) is 11.0. The molecule has 0 unspecified atom stereocenters. The van der Waals surface area contributed by atoms with Crippen molar-refractivity contribution in [2.45, 2.75) is 6.92 Å². The van der Waals surface area contributed by atoms with E-state index in [4.69, 9.17) is 4.74 Å². The summed E-state index contributed by atoms with van der Waals surface area (Å²) in [5, 5.41) is 4.25. The zero-order chi connectivity index (χ0) is 19.8. The maximum Gasteiger partial charge on any atom is 0.233 e. The Kier molecular flexibility index (Phi) is 6.96. The SMILES string of the molecule is Cc1cc(N2CCOCC2)nc(NCCNS(=O)(=O)/C=C/c2ccccc2)n1.